The Bertz CT molecular complexity index is 482. The van der Waals surface area contributed by atoms with Gasteiger partial charge in [0, 0.05) is 11.8 Å². The van der Waals surface area contributed by atoms with Crippen LogP contribution < -0.4 is 0 Å². The molecule has 15 heavy (non-hydrogen) atoms. The average molecular weight is 226 g/mol. The van der Waals surface area contributed by atoms with Crippen LogP contribution in [0.1, 0.15) is 0 Å². The smallest absolute Gasteiger partial charge is 0.226 e. The van der Waals surface area contributed by atoms with Crippen molar-refractivity contribution < 1.29 is 8.78 Å². The summed E-state index contributed by atoms with van der Waals surface area (Å²) in [7, 11) is 0. The van der Waals surface area contributed by atoms with Crippen LogP contribution in [0.5, 0.6) is 0 Å². The highest BCUT2D eigenvalue weighted by molar-refractivity contribution is 6.30. The molecular weight excluding hydrogens is 220 g/mol. The fourth-order valence-electron chi connectivity index (χ4n) is 1.22. The number of nitrogens with zero attached hydrogens (tertiary/aromatic N) is 1. The molecule has 76 valence electrons. The average Bonchev–Trinajstić information content (AvgIpc) is 2.23. The maximum Gasteiger partial charge on any atom is 0.231 e. The molecule has 0 aliphatic carbocycles. The Morgan fingerprint density at radius 2 is 1.67 bits per heavy atom. The zero-order valence-corrected chi connectivity index (χ0v) is 8.30. The lowest BCUT2D eigenvalue weighted by atomic mass is 10.1. The zero-order valence-electron chi connectivity index (χ0n) is 7.55. The predicted molar refractivity (Wildman–Crippen MR) is 54.6 cm³/mol. The van der Waals surface area contributed by atoms with E-state index in [0.717, 1.165) is 5.56 Å². The Balaban J connectivity index is 2.45. The maximum atomic E-state index is 12.8. The van der Waals surface area contributed by atoms with Gasteiger partial charge in [0.05, 0.1) is 5.02 Å². The molecule has 0 saturated heterocycles. The molecule has 0 aliphatic heterocycles. The Morgan fingerprint density at radius 3 is 2.27 bits per heavy atom. The van der Waals surface area contributed by atoms with E-state index in [1.807, 2.05) is 0 Å². The second-order valence-corrected chi connectivity index (χ2v) is 3.41. The number of benzene rings is 1. The van der Waals surface area contributed by atoms with Gasteiger partial charge in [-0.2, -0.15) is 4.39 Å². The van der Waals surface area contributed by atoms with Crippen molar-refractivity contribution in [1.29, 1.82) is 0 Å². The van der Waals surface area contributed by atoms with Gasteiger partial charge in [-0.3, -0.25) is 0 Å². The zero-order chi connectivity index (χ0) is 10.8. The first-order valence-electron chi connectivity index (χ1n) is 4.24. The molecule has 4 heteroatoms. The Labute approximate surface area is 90.3 Å². The van der Waals surface area contributed by atoms with E-state index >= 15 is 0 Å². The monoisotopic (exact) mass is 225 g/mol. The SMILES string of the molecule is Fc1ccc(-c2cnc(F)c(Cl)c2)cc1. The minimum absolute atomic E-state index is 0.0446. The van der Waals surface area contributed by atoms with Crippen molar-refractivity contribution >= 4 is 11.6 Å². The highest BCUT2D eigenvalue weighted by Gasteiger charge is 2.04. The molecule has 0 N–H and O–H groups in total. The van der Waals surface area contributed by atoms with Crippen LogP contribution in [0.4, 0.5) is 8.78 Å². The third kappa shape index (κ3) is 2.13. The summed E-state index contributed by atoms with van der Waals surface area (Å²) >= 11 is 5.58. The lowest BCUT2D eigenvalue weighted by Crippen LogP contribution is -1.86. The molecule has 0 bridgehead atoms. The molecule has 0 saturated carbocycles. The molecule has 0 radical (unpaired) electrons. The molecule has 0 spiro atoms. The van der Waals surface area contributed by atoms with Gasteiger partial charge in [0.25, 0.3) is 0 Å². The molecular formula is C11H6ClF2N. The third-order valence-corrected chi connectivity index (χ3v) is 2.24. The lowest BCUT2D eigenvalue weighted by Gasteiger charge is -2.01. The van der Waals surface area contributed by atoms with Gasteiger partial charge >= 0.3 is 0 Å². The summed E-state index contributed by atoms with van der Waals surface area (Å²) in [5.74, 6) is -1.03. The van der Waals surface area contributed by atoms with E-state index in [4.69, 9.17) is 11.6 Å². The largest absolute Gasteiger partial charge is 0.231 e. The van der Waals surface area contributed by atoms with Crippen molar-refractivity contribution in [3.63, 3.8) is 0 Å². The summed E-state index contributed by atoms with van der Waals surface area (Å²) in [6, 6.07) is 7.28. The van der Waals surface area contributed by atoms with Crippen molar-refractivity contribution in [1.82, 2.24) is 4.98 Å². The van der Waals surface area contributed by atoms with E-state index in [0.29, 0.717) is 5.56 Å². The van der Waals surface area contributed by atoms with E-state index < -0.39 is 5.95 Å². The molecule has 1 nitrogen and oxygen atoms in total. The van der Waals surface area contributed by atoms with Crippen molar-refractivity contribution in [3.8, 4) is 11.1 Å². The van der Waals surface area contributed by atoms with Gasteiger partial charge < -0.3 is 0 Å². The second-order valence-electron chi connectivity index (χ2n) is 3.00. The summed E-state index contributed by atoms with van der Waals surface area (Å²) in [5.41, 5.74) is 1.40. The van der Waals surface area contributed by atoms with E-state index in [-0.39, 0.29) is 10.8 Å². The van der Waals surface area contributed by atoms with E-state index in [1.54, 1.807) is 12.1 Å². The van der Waals surface area contributed by atoms with Crippen LogP contribution in [0, 0.1) is 11.8 Å². The summed E-state index contributed by atoms with van der Waals surface area (Å²) in [4.78, 5) is 3.49. The Kier molecular flexibility index (Phi) is 2.64. The van der Waals surface area contributed by atoms with E-state index in [2.05, 4.69) is 4.98 Å². The minimum atomic E-state index is -0.706. The van der Waals surface area contributed by atoms with Crippen molar-refractivity contribution in [2.24, 2.45) is 0 Å². The van der Waals surface area contributed by atoms with Crippen molar-refractivity contribution in [2.45, 2.75) is 0 Å². The van der Waals surface area contributed by atoms with Crippen LogP contribution in [0.15, 0.2) is 36.5 Å². The van der Waals surface area contributed by atoms with Crippen LogP contribution in [-0.2, 0) is 0 Å². The molecule has 0 unspecified atom stereocenters. The number of hydrogen-bond donors (Lipinski definition) is 0. The Hall–Kier alpha value is -1.48. The Morgan fingerprint density at radius 1 is 1.00 bits per heavy atom. The van der Waals surface area contributed by atoms with Crippen LogP contribution in [0.2, 0.25) is 5.02 Å². The molecule has 0 amide bonds. The van der Waals surface area contributed by atoms with Gasteiger partial charge in [-0.15, -0.1) is 0 Å². The number of halogens is 3. The topological polar surface area (TPSA) is 12.9 Å². The number of aromatic nitrogens is 1. The lowest BCUT2D eigenvalue weighted by molar-refractivity contribution is 0.584. The van der Waals surface area contributed by atoms with Crippen LogP contribution in [0.3, 0.4) is 0 Å². The van der Waals surface area contributed by atoms with Gasteiger partial charge in [0.1, 0.15) is 5.82 Å². The number of pyridine rings is 1. The minimum Gasteiger partial charge on any atom is -0.226 e. The molecule has 0 fully saturated rings. The quantitative estimate of drug-likeness (QED) is 0.675. The summed E-state index contributed by atoms with van der Waals surface area (Å²) in [5, 5.41) is -0.0446. The second kappa shape index (κ2) is 3.95. The van der Waals surface area contributed by atoms with Crippen LogP contribution >= 0.6 is 11.6 Å². The summed E-state index contributed by atoms with van der Waals surface area (Å²) in [6.45, 7) is 0. The normalized spacial score (nSPS) is 10.3. The van der Waals surface area contributed by atoms with Gasteiger partial charge in [-0.05, 0) is 23.8 Å². The molecule has 0 atom stereocenters. The predicted octanol–water partition coefficient (Wildman–Crippen LogP) is 3.68. The number of rotatable bonds is 1. The van der Waals surface area contributed by atoms with E-state index in [1.165, 1.54) is 24.4 Å². The first kappa shape index (κ1) is 10.1. The third-order valence-electron chi connectivity index (χ3n) is 1.97. The maximum absolute atomic E-state index is 12.8. The molecule has 2 rings (SSSR count). The summed E-state index contributed by atoms with van der Waals surface area (Å²) in [6.07, 6.45) is 1.36. The fourth-order valence-corrected chi connectivity index (χ4v) is 1.39. The van der Waals surface area contributed by atoms with Crippen molar-refractivity contribution in [2.75, 3.05) is 0 Å². The molecule has 1 aromatic carbocycles. The van der Waals surface area contributed by atoms with Gasteiger partial charge in [-0.1, -0.05) is 23.7 Å². The van der Waals surface area contributed by atoms with Crippen LogP contribution in [0.25, 0.3) is 11.1 Å². The van der Waals surface area contributed by atoms with Gasteiger partial charge in [-0.25, -0.2) is 9.37 Å². The molecule has 2 aromatic rings. The summed E-state index contributed by atoms with van der Waals surface area (Å²) < 4.78 is 25.4. The highest BCUT2D eigenvalue weighted by atomic mass is 35.5. The highest BCUT2D eigenvalue weighted by Crippen LogP contribution is 2.23. The molecule has 0 aliphatic rings. The number of hydrogen-bond acceptors (Lipinski definition) is 1. The fraction of sp³-hybridized carbons (Fsp3) is 0. The van der Waals surface area contributed by atoms with Gasteiger partial charge in [0.15, 0.2) is 0 Å². The molecule has 1 aromatic heterocycles. The standard InChI is InChI=1S/C11H6ClF2N/c12-10-5-8(6-15-11(10)14)7-1-3-9(13)4-2-7/h1-6H. The first-order valence-corrected chi connectivity index (χ1v) is 4.61. The van der Waals surface area contributed by atoms with Crippen molar-refractivity contribution in [3.05, 3.63) is 53.3 Å². The first-order chi connectivity index (χ1) is 7.16. The van der Waals surface area contributed by atoms with Gasteiger partial charge in [0.2, 0.25) is 5.95 Å². The van der Waals surface area contributed by atoms with E-state index in [9.17, 15) is 8.78 Å². The van der Waals surface area contributed by atoms with Crippen LogP contribution in [-0.4, -0.2) is 4.98 Å². The molecule has 1 heterocycles.